The Morgan fingerprint density at radius 1 is 1.11 bits per heavy atom. The summed E-state index contributed by atoms with van der Waals surface area (Å²) in [5, 5.41) is 18.9. The largest absolute Gasteiger partial charge is 0.493 e. The Kier molecular flexibility index (Phi) is 8.63. The quantitative estimate of drug-likeness (QED) is 0.327. The summed E-state index contributed by atoms with van der Waals surface area (Å²) in [6.07, 6.45) is 1.57. The normalized spacial score (nSPS) is 11.7. The number of aliphatic hydroxyl groups is 1. The summed E-state index contributed by atoms with van der Waals surface area (Å²) in [5.74, 6) is -0.543. The van der Waals surface area contributed by atoms with Crippen LogP contribution in [0.2, 0.25) is 0 Å². The summed E-state index contributed by atoms with van der Waals surface area (Å²) in [6, 6.07) is 12.4. The molecule has 1 heterocycles. The average Bonchev–Trinajstić information content (AvgIpc) is 2.84. The minimum atomic E-state index is -2.67. The monoisotopic (exact) mass is 502 g/mol. The molecule has 0 spiro atoms. The number of methoxy groups -OCH3 is 1. The van der Waals surface area contributed by atoms with Crippen molar-refractivity contribution in [1.82, 2.24) is 4.98 Å². The molecule has 3 N–H and O–H groups in total. The maximum absolute atomic E-state index is 12.5. The molecule has 2 aromatic carbocycles. The molecule has 1 unspecified atom stereocenters. The summed E-state index contributed by atoms with van der Waals surface area (Å²) in [6.45, 7) is 3.45. The molecule has 0 bridgehead atoms. The van der Waals surface area contributed by atoms with E-state index in [1.54, 1.807) is 42.6 Å². The fourth-order valence-electron chi connectivity index (χ4n) is 3.19. The van der Waals surface area contributed by atoms with Gasteiger partial charge in [-0.05, 0) is 41.8 Å². The van der Waals surface area contributed by atoms with Crippen molar-refractivity contribution in [2.75, 3.05) is 24.6 Å². The lowest BCUT2D eigenvalue weighted by Crippen LogP contribution is -2.22. The number of carboxylic acid groups (broad SMARTS) is 1. The van der Waals surface area contributed by atoms with E-state index in [9.17, 15) is 23.8 Å². The third kappa shape index (κ3) is 6.07. The third-order valence-corrected chi connectivity index (χ3v) is 5.63. The first-order chi connectivity index (χ1) is 16.8. The van der Waals surface area contributed by atoms with Crippen LogP contribution in [0, 0.1) is 0 Å². The average molecular weight is 503 g/mol. The van der Waals surface area contributed by atoms with E-state index in [1.165, 1.54) is 19.2 Å². The van der Waals surface area contributed by atoms with Crippen LogP contribution in [-0.2, 0) is 11.3 Å². The second-order valence-corrected chi connectivity index (χ2v) is 8.41. The first kappa shape index (κ1) is 25.9. The van der Waals surface area contributed by atoms with E-state index in [2.05, 4.69) is 4.98 Å². The van der Waals surface area contributed by atoms with Crippen molar-refractivity contribution in [3.8, 4) is 23.0 Å². The number of pyridine rings is 1. The van der Waals surface area contributed by atoms with Crippen molar-refractivity contribution in [3.05, 3.63) is 65.9 Å². The maximum Gasteiger partial charge on any atom is 0.335 e. The van der Waals surface area contributed by atoms with Gasteiger partial charge in [0.2, 0.25) is 0 Å². The highest BCUT2D eigenvalue weighted by Gasteiger charge is 2.27. The van der Waals surface area contributed by atoms with Crippen molar-refractivity contribution in [3.63, 3.8) is 0 Å². The molecule has 3 aromatic rings. The number of rotatable bonds is 11. The lowest BCUT2D eigenvalue weighted by atomic mass is 10.1. The van der Waals surface area contributed by atoms with Gasteiger partial charge in [-0.15, -0.1) is 0 Å². The van der Waals surface area contributed by atoms with Crippen LogP contribution < -0.4 is 18.5 Å². The van der Waals surface area contributed by atoms with E-state index in [-0.39, 0.29) is 53.4 Å². The number of anilines is 2. The molecule has 0 saturated heterocycles. The molecule has 0 aliphatic heterocycles. The Hall–Kier alpha value is -3.67. The SMILES string of the molecule is COc1ccccc1Oc1c(OCCO)cc(C(=O)O)cc1N(c1ccc(C(C)C)cn1)S(=O)O. The van der Waals surface area contributed by atoms with Crippen LogP contribution >= 0.6 is 0 Å². The van der Waals surface area contributed by atoms with Crippen LogP contribution in [0.25, 0.3) is 0 Å². The molecule has 0 amide bonds. The molecule has 11 heteroatoms. The Morgan fingerprint density at radius 2 is 1.83 bits per heavy atom. The zero-order valence-corrected chi connectivity index (χ0v) is 20.2. The highest BCUT2D eigenvalue weighted by atomic mass is 32.2. The fourth-order valence-corrected chi connectivity index (χ4v) is 3.76. The van der Waals surface area contributed by atoms with Crippen LogP contribution in [0.1, 0.15) is 35.7 Å². The van der Waals surface area contributed by atoms with Crippen LogP contribution in [0.4, 0.5) is 11.5 Å². The smallest absolute Gasteiger partial charge is 0.335 e. The number of hydrogen-bond acceptors (Lipinski definition) is 7. The number of carboxylic acids is 1. The highest BCUT2D eigenvalue weighted by molar-refractivity contribution is 7.81. The second kappa shape index (κ2) is 11.6. The van der Waals surface area contributed by atoms with E-state index in [4.69, 9.17) is 14.2 Å². The molecule has 186 valence electrons. The Balaban J connectivity index is 2.26. The number of carbonyl (C=O) groups is 1. The molecular weight excluding hydrogens is 476 g/mol. The molecule has 35 heavy (non-hydrogen) atoms. The van der Waals surface area contributed by atoms with Crippen LogP contribution in [-0.4, -0.2) is 50.3 Å². The van der Waals surface area contributed by atoms with Gasteiger partial charge in [0.1, 0.15) is 18.1 Å². The number of para-hydroxylation sites is 2. The number of nitrogens with zero attached hydrogens (tertiary/aromatic N) is 2. The summed E-state index contributed by atoms with van der Waals surface area (Å²) < 4.78 is 40.7. The van der Waals surface area contributed by atoms with Gasteiger partial charge in [0.15, 0.2) is 23.0 Å². The lowest BCUT2D eigenvalue weighted by molar-refractivity contribution is 0.0696. The molecule has 1 atom stereocenters. The van der Waals surface area contributed by atoms with Gasteiger partial charge < -0.3 is 24.4 Å². The van der Waals surface area contributed by atoms with Crippen molar-refractivity contribution in [2.45, 2.75) is 19.8 Å². The van der Waals surface area contributed by atoms with Gasteiger partial charge in [-0.2, -0.15) is 0 Å². The molecule has 10 nitrogen and oxygen atoms in total. The van der Waals surface area contributed by atoms with E-state index >= 15 is 0 Å². The van der Waals surface area contributed by atoms with Crippen molar-refractivity contribution < 1.29 is 38.0 Å². The van der Waals surface area contributed by atoms with E-state index in [0.717, 1.165) is 9.87 Å². The topological polar surface area (TPSA) is 139 Å². The number of aliphatic hydroxyl groups excluding tert-OH is 1. The molecule has 1 aromatic heterocycles. The number of ether oxygens (including phenoxy) is 3. The number of aromatic nitrogens is 1. The molecule has 0 aliphatic rings. The predicted molar refractivity (Wildman–Crippen MR) is 130 cm³/mol. The minimum absolute atomic E-state index is 0.0610. The summed E-state index contributed by atoms with van der Waals surface area (Å²) in [5.41, 5.74) is 0.595. The zero-order chi connectivity index (χ0) is 25.5. The first-order valence-electron chi connectivity index (χ1n) is 10.6. The van der Waals surface area contributed by atoms with Crippen LogP contribution in [0.15, 0.2) is 54.7 Å². The minimum Gasteiger partial charge on any atom is -0.493 e. The summed E-state index contributed by atoms with van der Waals surface area (Å²) in [4.78, 5) is 16.2. The maximum atomic E-state index is 12.5. The summed E-state index contributed by atoms with van der Waals surface area (Å²) >= 11 is -2.67. The van der Waals surface area contributed by atoms with Gasteiger partial charge in [-0.3, -0.25) is 4.55 Å². The Morgan fingerprint density at radius 3 is 2.37 bits per heavy atom. The van der Waals surface area contributed by atoms with Crippen LogP contribution in [0.5, 0.6) is 23.0 Å². The zero-order valence-electron chi connectivity index (χ0n) is 19.4. The second-order valence-electron chi connectivity index (χ2n) is 7.58. The van der Waals surface area contributed by atoms with Gasteiger partial charge in [-0.1, -0.05) is 32.0 Å². The van der Waals surface area contributed by atoms with Crippen molar-refractivity contribution in [1.29, 1.82) is 0 Å². The summed E-state index contributed by atoms with van der Waals surface area (Å²) in [7, 11) is 1.45. The van der Waals surface area contributed by atoms with Gasteiger partial charge in [0.25, 0.3) is 11.3 Å². The number of hydrogen-bond donors (Lipinski definition) is 3. The molecule has 3 rings (SSSR count). The fraction of sp³-hybridized carbons (Fsp3) is 0.250. The van der Waals surface area contributed by atoms with Crippen LogP contribution in [0.3, 0.4) is 0 Å². The number of benzene rings is 2. The molecule has 0 fully saturated rings. The van der Waals surface area contributed by atoms with Gasteiger partial charge in [0, 0.05) is 6.20 Å². The highest BCUT2D eigenvalue weighted by Crippen LogP contribution is 2.46. The molecule has 0 aliphatic carbocycles. The van der Waals surface area contributed by atoms with E-state index in [0.29, 0.717) is 5.75 Å². The molecule has 0 radical (unpaired) electrons. The Bertz CT molecular complexity index is 1200. The first-order valence-corrected chi connectivity index (χ1v) is 11.7. The molecular formula is C24H26N2O8S. The number of aromatic carboxylic acids is 1. The molecule has 0 saturated carbocycles. The Labute approximate surface area is 205 Å². The predicted octanol–water partition coefficient (Wildman–Crippen LogP) is 4.35. The van der Waals surface area contributed by atoms with Gasteiger partial charge in [-0.25, -0.2) is 18.3 Å². The van der Waals surface area contributed by atoms with Crippen molar-refractivity contribution in [2.24, 2.45) is 0 Å². The third-order valence-electron chi connectivity index (χ3n) is 4.93. The lowest BCUT2D eigenvalue weighted by Gasteiger charge is -2.24. The van der Waals surface area contributed by atoms with Gasteiger partial charge in [0.05, 0.1) is 19.3 Å². The standard InChI is InChI=1S/C24H26N2O8S/c1-15(2)16-8-9-22(25-14-16)26(35(30)31)18-12-17(24(28)29)13-21(33-11-10-27)23(18)34-20-7-5-4-6-19(20)32-3/h4-9,12-15,27H,10-11H2,1-3H3,(H,28,29)(H,30,31). The van der Waals surface area contributed by atoms with Gasteiger partial charge >= 0.3 is 5.97 Å². The van der Waals surface area contributed by atoms with E-state index in [1.807, 2.05) is 13.8 Å². The van der Waals surface area contributed by atoms with Crippen molar-refractivity contribution >= 4 is 28.7 Å². The van der Waals surface area contributed by atoms with E-state index < -0.39 is 17.2 Å².